The molecule has 146 valence electrons. The Morgan fingerprint density at radius 2 is 2.18 bits per heavy atom. The van der Waals surface area contributed by atoms with E-state index in [0.717, 1.165) is 29.8 Å². The minimum atomic E-state index is -0.370. The molecule has 2 aromatic heterocycles. The number of aryl methyl sites for hydroxylation is 1. The number of carbonyl (C=O) groups is 1. The predicted octanol–water partition coefficient (Wildman–Crippen LogP) is 2.81. The molecule has 9 nitrogen and oxygen atoms in total. The second-order valence-corrected chi connectivity index (χ2v) is 7.13. The summed E-state index contributed by atoms with van der Waals surface area (Å²) in [6, 6.07) is 7.40. The molecule has 1 aliphatic rings. The van der Waals surface area contributed by atoms with E-state index in [1.54, 1.807) is 4.90 Å². The Hall–Kier alpha value is -3.23. The highest BCUT2D eigenvalue weighted by atomic mass is 16.5. The molecule has 0 aliphatic carbocycles. The van der Waals surface area contributed by atoms with E-state index in [9.17, 15) is 4.79 Å². The second-order valence-electron chi connectivity index (χ2n) is 7.13. The van der Waals surface area contributed by atoms with E-state index < -0.39 is 0 Å². The number of aromatic nitrogens is 5. The maximum Gasteiger partial charge on any atom is 0.318 e. The molecular formula is C19H23N7O2. The van der Waals surface area contributed by atoms with Crippen LogP contribution in [0.25, 0.3) is 11.4 Å². The third-order valence-electron chi connectivity index (χ3n) is 5.03. The Kier molecular flexibility index (Phi) is 5.05. The molecular weight excluding hydrogens is 358 g/mol. The predicted molar refractivity (Wildman–Crippen MR) is 101 cm³/mol. The van der Waals surface area contributed by atoms with Gasteiger partial charge in [0.2, 0.25) is 11.7 Å². The fraction of sp³-hybridized carbons (Fsp3) is 0.421. The third-order valence-corrected chi connectivity index (χ3v) is 5.03. The monoisotopic (exact) mass is 381 g/mol. The first kappa shape index (κ1) is 18.1. The first-order valence-electron chi connectivity index (χ1n) is 9.41. The summed E-state index contributed by atoms with van der Waals surface area (Å²) in [6.07, 6.45) is 3.23. The quantitative estimate of drug-likeness (QED) is 0.718. The van der Waals surface area contributed by atoms with Crippen molar-refractivity contribution in [1.82, 2.24) is 35.5 Å². The van der Waals surface area contributed by atoms with Gasteiger partial charge < -0.3 is 14.7 Å². The van der Waals surface area contributed by atoms with Gasteiger partial charge in [-0.15, -0.1) is 0 Å². The molecule has 2 amide bonds. The van der Waals surface area contributed by atoms with E-state index in [0.29, 0.717) is 30.7 Å². The topological polar surface area (TPSA) is 113 Å². The lowest BCUT2D eigenvalue weighted by molar-refractivity contribution is 0.175. The molecule has 1 aliphatic heterocycles. The van der Waals surface area contributed by atoms with Gasteiger partial charge in [-0.25, -0.2) is 9.78 Å². The lowest BCUT2D eigenvalue weighted by atomic mass is 9.96. The van der Waals surface area contributed by atoms with Crippen LogP contribution in [0.15, 0.2) is 35.1 Å². The lowest BCUT2D eigenvalue weighted by Gasteiger charge is -2.31. The summed E-state index contributed by atoms with van der Waals surface area (Å²) < 4.78 is 5.36. The number of benzene rings is 1. The van der Waals surface area contributed by atoms with Crippen molar-refractivity contribution in [3.05, 3.63) is 47.9 Å². The molecule has 3 aromatic rings. The Morgan fingerprint density at radius 1 is 1.36 bits per heavy atom. The summed E-state index contributed by atoms with van der Waals surface area (Å²) in [5.74, 6) is 2.12. The van der Waals surface area contributed by atoms with E-state index in [1.807, 2.05) is 38.1 Å². The molecule has 0 unspecified atom stereocenters. The maximum atomic E-state index is 12.6. The summed E-state index contributed by atoms with van der Waals surface area (Å²) in [7, 11) is 0. The van der Waals surface area contributed by atoms with Crippen LogP contribution in [-0.2, 0) is 0 Å². The zero-order valence-corrected chi connectivity index (χ0v) is 15.9. The molecule has 1 atom stereocenters. The van der Waals surface area contributed by atoms with E-state index in [2.05, 4.69) is 30.6 Å². The highest BCUT2D eigenvalue weighted by molar-refractivity contribution is 5.74. The van der Waals surface area contributed by atoms with Crippen molar-refractivity contribution in [3.63, 3.8) is 0 Å². The average Bonchev–Trinajstić information content (AvgIpc) is 3.40. The normalized spacial score (nSPS) is 16.1. The standard InChI is InChI=1S/C19H23N7O2/c1-12-4-3-5-15(10-12)17-23-18(28-25-17)13(2)22-19(27)26-8-6-14(7-9-26)16-20-11-21-24-16/h3-5,10-11,13-14H,6-9H2,1-2H3,(H,22,27)(H,20,21,24)/t13-/m0/s1. The summed E-state index contributed by atoms with van der Waals surface area (Å²) in [5.41, 5.74) is 2.02. The van der Waals surface area contributed by atoms with Crippen LogP contribution in [-0.4, -0.2) is 49.3 Å². The van der Waals surface area contributed by atoms with Crippen LogP contribution in [0.5, 0.6) is 0 Å². The van der Waals surface area contributed by atoms with Crippen molar-refractivity contribution in [1.29, 1.82) is 0 Å². The molecule has 9 heteroatoms. The number of nitrogens with zero attached hydrogens (tertiary/aromatic N) is 5. The number of likely N-dealkylation sites (tertiary alicyclic amines) is 1. The average molecular weight is 381 g/mol. The number of carbonyl (C=O) groups excluding carboxylic acids is 1. The van der Waals surface area contributed by atoms with Gasteiger partial charge in [0.25, 0.3) is 0 Å². The Labute approximate surface area is 162 Å². The van der Waals surface area contributed by atoms with Crippen molar-refractivity contribution in [2.75, 3.05) is 13.1 Å². The number of amides is 2. The summed E-state index contributed by atoms with van der Waals surface area (Å²) in [4.78, 5) is 23.0. The van der Waals surface area contributed by atoms with Crippen LogP contribution < -0.4 is 5.32 Å². The Balaban J connectivity index is 1.34. The fourth-order valence-corrected chi connectivity index (χ4v) is 3.42. The minimum absolute atomic E-state index is 0.126. The molecule has 2 N–H and O–H groups in total. The number of piperidine rings is 1. The van der Waals surface area contributed by atoms with E-state index in [-0.39, 0.29) is 12.1 Å². The zero-order valence-electron chi connectivity index (χ0n) is 15.9. The van der Waals surface area contributed by atoms with E-state index in [1.165, 1.54) is 6.33 Å². The lowest BCUT2D eigenvalue weighted by Crippen LogP contribution is -2.45. The molecule has 0 radical (unpaired) electrons. The van der Waals surface area contributed by atoms with Crippen LogP contribution in [0, 0.1) is 6.92 Å². The Bertz CT molecular complexity index is 929. The summed E-state index contributed by atoms with van der Waals surface area (Å²) >= 11 is 0. The Morgan fingerprint density at radius 3 is 2.89 bits per heavy atom. The number of rotatable bonds is 4. The summed E-state index contributed by atoms with van der Waals surface area (Å²) in [6.45, 7) is 5.19. The molecule has 0 saturated carbocycles. The highest BCUT2D eigenvalue weighted by Crippen LogP contribution is 2.25. The summed E-state index contributed by atoms with van der Waals surface area (Å²) in [5, 5.41) is 13.8. The number of hydrogen-bond acceptors (Lipinski definition) is 6. The van der Waals surface area contributed by atoms with Crippen molar-refractivity contribution in [2.45, 2.75) is 38.6 Å². The molecule has 1 saturated heterocycles. The van der Waals surface area contributed by atoms with Gasteiger partial charge in [-0.1, -0.05) is 28.9 Å². The number of aromatic amines is 1. The SMILES string of the molecule is Cc1cccc(-c2noc([C@H](C)NC(=O)N3CCC(c4ncn[nH]4)CC3)n2)c1. The molecule has 0 spiro atoms. The van der Waals surface area contributed by atoms with Gasteiger partial charge in [0, 0.05) is 24.6 Å². The van der Waals surface area contributed by atoms with Crippen LogP contribution in [0.2, 0.25) is 0 Å². The van der Waals surface area contributed by atoms with Crippen molar-refractivity contribution >= 4 is 6.03 Å². The van der Waals surface area contributed by atoms with Crippen molar-refractivity contribution in [3.8, 4) is 11.4 Å². The van der Waals surface area contributed by atoms with Gasteiger partial charge in [-0.3, -0.25) is 5.10 Å². The molecule has 1 fully saturated rings. The zero-order chi connectivity index (χ0) is 19.5. The van der Waals surface area contributed by atoms with Gasteiger partial charge in [0.15, 0.2) is 0 Å². The number of H-pyrrole nitrogens is 1. The first-order chi connectivity index (χ1) is 13.6. The smallest absolute Gasteiger partial charge is 0.318 e. The van der Waals surface area contributed by atoms with Crippen LogP contribution in [0.4, 0.5) is 4.79 Å². The van der Waals surface area contributed by atoms with E-state index in [4.69, 9.17) is 4.52 Å². The van der Waals surface area contributed by atoms with Gasteiger partial charge >= 0.3 is 6.03 Å². The number of hydrogen-bond donors (Lipinski definition) is 2. The molecule has 3 heterocycles. The number of nitrogens with one attached hydrogen (secondary N) is 2. The van der Waals surface area contributed by atoms with Crippen LogP contribution >= 0.6 is 0 Å². The minimum Gasteiger partial charge on any atom is -0.337 e. The molecule has 4 rings (SSSR count). The fourth-order valence-electron chi connectivity index (χ4n) is 3.42. The largest absolute Gasteiger partial charge is 0.337 e. The molecule has 0 bridgehead atoms. The van der Waals surface area contributed by atoms with Crippen molar-refractivity contribution in [2.24, 2.45) is 0 Å². The van der Waals surface area contributed by atoms with Gasteiger partial charge in [0.05, 0.1) is 0 Å². The third kappa shape index (κ3) is 3.88. The molecule has 1 aromatic carbocycles. The maximum absolute atomic E-state index is 12.6. The molecule has 28 heavy (non-hydrogen) atoms. The van der Waals surface area contributed by atoms with Gasteiger partial charge in [-0.2, -0.15) is 10.1 Å². The van der Waals surface area contributed by atoms with E-state index >= 15 is 0 Å². The van der Waals surface area contributed by atoms with Crippen molar-refractivity contribution < 1.29 is 9.32 Å². The number of urea groups is 1. The first-order valence-corrected chi connectivity index (χ1v) is 9.41. The second kappa shape index (κ2) is 7.79. The van der Waals surface area contributed by atoms with Gasteiger partial charge in [0.1, 0.15) is 18.2 Å². The van der Waals surface area contributed by atoms with Crippen LogP contribution in [0.3, 0.4) is 0 Å². The van der Waals surface area contributed by atoms with Crippen LogP contribution in [0.1, 0.15) is 49.0 Å². The highest BCUT2D eigenvalue weighted by Gasteiger charge is 2.27. The van der Waals surface area contributed by atoms with Gasteiger partial charge in [-0.05, 0) is 32.8 Å².